The van der Waals surface area contributed by atoms with Gasteiger partial charge in [0.2, 0.25) is 5.79 Å². The van der Waals surface area contributed by atoms with Gasteiger partial charge in [0, 0.05) is 51.4 Å². The summed E-state index contributed by atoms with van der Waals surface area (Å²) >= 11 is 0. The minimum absolute atomic E-state index is 0.0185. The lowest BCUT2D eigenvalue weighted by Gasteiger charge is -2.43. The van der Waals surface area contributed by atoms with E-state index in [4.69, 9.17) is 61.9 Å². The molecule has 504 valence electrons. The summed E-state index contributed by atoms with van der Waals surface area (Å²) < 4.78 is 69.6. The molecule has 88 heavy (non-hydrogen) atoms. The number of amides is 1. The maximum absolute atomic E-state index is 14.7. The fourth-order valence-corrected chi connectivity index (χ4v) is 11.9. The number of esters is 1. The third-order valence-corrected chi connectivity index (χ3v) is 17.2. The predicted molar refractivity (Wildman–Crippen MR) is 327 cm³/mol. The Balaban J connectivity index is 1.52. The Hall–Kier alpha value is -3.69. The minimum atomic E-state index is -2.52. The second-order valence-corrected chi connectivity index (χ2v) is 24.2. The molecule has 2 bridgehead atoms. The molecule has 3 fully saturated rings. The first-order valence-electron chi connectivity index (χ1n) is 32.2. The van der Waals surface area contributed by atoms with Gasteiger partial charge in [-0.05, 0) is 107 Å². The number of ether oxygens (including phenoxy) is 12. The van der Waals surface area contributed by atoms with E-state index >= 15 is 0 Å². The van der Waals surface area contributed by atoms with Gasteiger partial charge in [-0.25, -0.2) is 4.79 Å². The van der Waals surface area contributed by atoms with E-state index < -0.39 is 77.8 Å². The zero-order chi connectivity index (χ0) is 64.4. The van der Waals surface area contributed by atoms with Gasteiger partial charge in [-0.2, -0.15) is 0 Å². The van der Waals surface area contributed by atoms with Crippen LogP contribution < -0.4 is 0 Å². The van der Waals surface area contributed by atoms with E-state index in [2.05, 4.69) is 0 Å². The van der Waals surface area contributed by atoms with Crippen molar-refractivity contribution in [3.63, 3.8) is 0 Å². The number of aliphatic hydroxyl groups is 4. The van der Waals surface area contributed by atoms with Gasteiger partial charge in [-0.1, -0.05) is 71.1 Å². The van der Waals surface area contributed by atoms with Crippen molar-refractivity contribution in [2.75, 3.05) is 126 Å². The van der Waals surface area contributed by atoms with Crippen molar-refractivity contribution in [3.8, 4) is 0 Å². The van der Waals surface area contributed by atoms with Crippen LogP contribution in [-0.4, -0.2) is 236 Å². The minimum Gasteiger partial charge on any atom is -0.460 e. The van der Waals surface area contributed by atoms with Crippen LogP contribution in [0.15, 0.2) is 47.6 Å². The second-order valence-electron chi connectivity index (χ2n) is 24.2. The van der Waals surface area contributed by atoms with E-state index in [0.29, 0.717) is 123 Å². The molecular formula is C66H109NO21. The van der Waals surface area contributed by atoms with Gasteiger partial charge in [-0.3, -0.25) is 19.2 Å². The zero-order valence-corrected chi connectivity index (χ0v) is 54.2. The first-order chi connectivity index (χ1) is 42.3. The molecule has 15 atom stereocenters. The number of rotatable bonds is 29. The van der Waals surface area contributed by atoms with E-state index in [9.17, 15) is 39.3 Å². The highest BCUT2D eigenvalue weighted by Crippen LogP contribution is 2.38. The smallest absolute Gasteiger partial charge is 0.329 e. The maximum Gasteiger partial charge on any atom is 0.329 e. The molecule has 4 aliphatic rings. The standard InChI is InChI=1S/C66H109NO21/c1-45-15-11-10-12-16-46(2)57(86-38-37-84-36-35-83-34-33-82-32-31-81-30-29-80-28-27-79-25-23-68)43-53-20-18-51(7)66(76,88-53)63(73)64(74)67-22-14-13-17-54(67)65(75)87-58(48(4)41-52-19-21-56(85-26-24-69)59(42-52)77-8)44-55(70)47(3)40-50(6)61(72)62(78-9)60(71)49(5)39-45/h10-12,15-16,40,45,47-49,51-54,56-59,61-62,68-69,72,76H,13-14,17-39,41-44H2,1-9H3/b12-10+,15-11+,46-16+,50-40+/t45-,47-,48-,49-,51-,52+,53+,54+,56-,57?,58+,59-,61-,62+,66-/m1/s1. The van der Waals surface area contributed by atoms with E-state index in [1.54, 1.807) is 34.0 Å². The average Bonchev–Trinajstić information content (AvgIpc) is 1.48. The van der Waals surface area contributed by atoms with Crippen LogP contribution in [0.1, 0.15) is 126 Å². The molecule has 0 aromatic carbocycles. The number of methoxy groups -OCH3 is 2. The zero-order valence-electron chi connectivity index (χ0n) is 54.2. The van der Waals surface area contributed by atoms with Gasteiger partial charge in [0.1, 0.15) is 30.1 Å². The number of hydrogen-bond acceptors (Lipinski definition) is 21. The number of carbonyl (C=O) groups is 5. The number of hydrogen-bond donors (Lipinski definition) is 4. The third kappa shape index (κ3) is 26.1. The lowest BCUT2D eigenvalue weighted by Crippen LogP contribution is -2.61. The number of Topliss-reactive ketones (excluding diaryl/α,β-unsaturated/α-hetero) is 3. The summed E-state index contributed by atoms with van der Waals surface area (Å²) in [4.78, 5) is 73.3. The van der Waals surface area contributed by atoms with E-state index in [0.717, 1.165) is 12.0 Å². The van der Waals surface area contributed by atoms with Crippen LogP contribution in [0, 0.1) is 35.5 Å². The molecular weight excluding hydrogens is 1140 g/mol. The van der Waals surface area contributed by atoms with Crippen molar-refractivity contribution in [1.29, 1.82) is 0 Å². The normalized spacial score (nSPS) is 33.0. The number of carbonyl (C=O) groups excluding carboxylic acids is 5. The van der Waals surface area contributed by atoms with Gasteiger partial charge in [0.05, 0.1) is 130 Å². The Kier molecular flexibility index (Phi) is 37.0. The topological polar surface area (TPSA) is 280 Å². The number of fused-ring (bicyclic) bond motifs is 3. The van der Waals surface area contributed by atoms with Crippen LogP contribution >= 0.6 is 0 Å². The van der Waals surface area contributed by atoms with E-state index in [-0.39, 0.29) is 107 Å². The van der Waals surface area contributed by atoms with Gasteiger partial charge in [0.15, 0.2) is 5.78 Å². The van der Waals surface area contributed by atoms with Gasteiger partial charge in [-0.15, -0.1) is 0 Å². The molecule has 1 unspecified atom stereocenters. The van der Waals surface area contributed by atoms with Gasteiger partial charge >= 0.3 is 5.97 Å². The Morgan fingerprint density at radius 3 is 1.89 bits per heavy atom. The highest BCUT2D eigenvalue weighted by atomic mass is 16.6. The summed E-state index contributed by atoms with van der Waals surface area (Å²) in [5.41, 5.74) is 1.19. The second kappa shape index (κ2) is 42.4. The molecule has 22 nitrogen and oxygen atoms in total. The Labute approximate surface area is 523 Å². The molecule has 0 spiro atoms. The van der Waals surface area contributed by atoms with Gasteiger partial charge in [0.25, 0.3) is 11.7 Å². The van der Waals surface area contributed by atoms with Crippen LogP contribution in [-0.2, 0) is 80.8 Å². The number of cyclic esters (lactones) is 1. The molecule has 1 amide bonds. The first kappa shape index (κ1) is 76.8. The summed E-state index contributed by atoms with van der Waals surface area (Å²) in [6, 6.07) is -1.19. The number of aliphatic hydroxyl groups excluding tert-OH is 3. The Morgan fingerprint density at radius 2 is 1.28 bits per heavy atom. The first-order valence-corrected chi connectivity index (χ1v) is 32.2. The molecule has 0 radical (unpaired) electrons. The van der Waals surface area contributed by atoms with Crippen molar-refractivity contribution >= 4 is 29.2 Å². The molecule has 3 aliphatic heterocycles. The molecule has 0 aromatic heterocycles. The van der Waals surface area contributed by atoms with Gasteiger partial charge < -0.3 is 82.2 Å². The maximum atomic E-state index is 14.7. The monoisotopic (exact) mass is 1250 g/mol. The summed E-state index contributed by atoms with van der Waals surface area (Å²) in [5, 5.41) is 42.0. The summed E-state index contributed by atoms with van der Waals surface area (Å²) in [6.45, 7) is 17.4. The lowest BCUT2D eigenvalue weighted by molar-refractivity contribution is -0.266. The number of nitrogens with zero attached hydrogens (tertiary/aromatic N) is 1. The summed E-state index contributed by atoms with van der Waals surface area (Å²) in [6.07, 6.45) is 11.1. The van der Waals surface area contributed by atoms with Crippen molar-refractivity contribution in [1.82, 2.24) is 4.90 Å². The molecule has 1 saturated carbocycles. The SMILES string of the molecule is CO[C@@H]1C[C@H](C[C@@H](C)[C@@H]2CC(=O)[C@H](C)/C=C(\C)[C@@H](O)[C@@H](OC)C(=O)[C@H](C)C[C@H](C)/C=C/C=C/C=C(\C)C(OCCOCCOCCOCCOCCOCCOCCO)C[C@@H]3CC[C@@H](C)[C@@](O)(O3)C(=O)C(=O)N3CCCC[C@H]3C(=O)O2)CC[C@H]1OCCO. The largest absolute Gasteiger partial charge is 0.460 e. The van der Waals surface area contributed by atoms with E-state index in [1.165, 1.54) is 12.0 Å². The molecule has 1 aliphatic carbocycles. The average molecular weight is 1250 g/mol. The molecule has 2 saturated heterocycles. The molecule has 0 aromatic rings. The molecule has 22 heteroatoms. The van der Waals surface area contributed by atoms with E-state index in [1.807, 2.05) is 58.1 Å². The van der Waals surface area contributed by atoms with Crippen LogP contribution in [0.25, 0.3) is 0 Å². The lowest BCUT2D eigenvalue weighted by atomic mass is 9.78. The summed E-state index contributed by atoms with van der Waals surface area (Å²) in [5.74, 6) is -8.41. The number of piperidine rings is 1. The van der Waals surface area contributed by atoms with Crippen molar-refractivity contribution in [2.45, 2.75) is 180 Å². The molecule has 3 heterocycles. The van der Waals surface area contributed by atoms with Crippen molar-refractivity contribution in [2.24, 2.45) is 35.5 Å². The Morgan fingerprint density at radius 1 is 0.670 bits per heavy atom. The van der Waals surface area contributed by atoms with Crippen LogP contribution in [0.2, 0.25) is 0 Å². The molecule has 4 rings (SSSR count). The highest BCUT2D eigenvalue weighted by molar-refractivity contribution is 6.39. The fraction of sp³-hybridized carbons (Fsp3) is 0.803. The molecule has 4 N–H and O–H groups in total. The number of allylic oxidation sites excluding steroid dienone is 6. The predicted octanol–water partition coefficient (Wildman–Crippen LogP) is 5.66. The fourth-order valence-electron chi connectivity index (χ4n) is 11.9. The van der Waals surface area contributed by atoms with Crippen LogP contribution in [0.5, 0.6) is 0 Å². The van der Waals surface area contributed by atoms with Crippen molar-refractivity contribution in [3.05, 3.63) is 47.6 Å². The third-order valence-electron chi connectivity index (χ3n) is 17.2. The summed E-state index contributed by atoms with van der Waals surface area (Å²) in [7, 11) is 3.00. The number of ketones is 3. The highest BCUT2D eigenvalue weighted by Gasteiger charge is 2.53. The Bertz CT molecular complexity index is 2170. The van der Waals surface area contributed by atoms with Crippen molar-refractivity contribution < 1.29 is 101 Å². The van der Waals surface area contributed by atoms with Crippen LogP contribution in [0.4, 0.5) is 0 Å². The quantitative estimate of drug-likeness (QED) is 0.0304. The van der Waals surface area contributed by atoms with Crippen LogP contribution in [0.3, 0.4) is 0 Å².